The molecule has 1 heterocycles. The van der Waals surface area contributed by atoms with Crippen molar-refractivity contribution in [1.29, 1.82) is 5.26 Å². The molecule has 1 fully saturated rings. The van der Waals surface area contributed by atoms with Crippen molar-refractivity contribution in [3.05, 3.63) is 0 Å². The van der Waals surface area contributed by atoms with E-state index in [0.717, 1.165) is 13.0 Å². The van der Waals surface area contributed by atoms with Crippen molar-refractivity contribution >= 4 is 6.03 Å². The minimum absolute atomic E-state index is 0.0575. The number of hydrogen-bond donors (Lipinski definition) is 0. The van der Waals surface area contributed by atoms with Gasteiger partial charge in [0, 0.05) is 20.1 Å². The van der Waals surface area contributed by atoms with Gasteiger partial charge in [0.05, 0.1) is 18.5 Å². The molecule has 0 aliphatic carbocycles. The predicted octanol–water partition coefficient (Wildman–Crippen LogP) is 1.05. The fourth-order valence-electron chi connectivity index (χ4n) is 1.61. The van der Waals surface area contributed by atoms with E-state index in [0.29, 0.717) is 19.0 Å². The van der Waals surface area contributed by atoms with E-state index in [2.05, 4.69) is 13.0 Å². The standard InChI is InChI=1S/C9H15N3O/c1-3-8-7-12(6-4-5-10)9(13)11(8)2/h8H,3-4,6-7H2,1-2H3. The average Bonchev–Trinajstić information content (AvgIpc) is 2.41. The van der Waals surface area contributed by atoms with Gasteiger partial charge in [0.15, 0.2) is 0 Å². The monoisotopic (exact) mass is 181 g/mol. The number of carbonyl (C=O) groups excluding carboxylic acids is 1. The van der Waals surface area contributed by atoms with Gasteiger partial charge in [-0.05, 0) is 6.42 Å². The number of urea groups is 1. The Morgan fingerprint density at radius 1 is 1.69 bits per heavy atom. The third kappa shape index (κ3) is 1.92. The first-order valence-electron chi connectivity index (χ1n) is 4.59. The van der Waals surface area contributed by atoms with Gasteiger partial charge in [0.25, 0.3) is 0 Å². The van der Waals surface area contributed by atoms with Crippen molar-refractivity contribution in [2.75, 3.05) is 20.1 Å². The van der Waals surface area contributed by atoms with Crippen LogP contribution in [-0.2, 0) is 0 Å². The number of rotatable bonds is 3. The van der Waals surface area contributed by atoms with Crippen LogP contribution in [0.2, 0.25) is 0 Å². The molecule has 0 aromatic heterocycles. The van der Waals surface area contributed by atoms with Gasteiger partial charge in [-0.25, -0.2) is 4.79 Å². The fourth-order valence-corrected chi connectivity index (χ4v) is 1.61. The molecular formula is C9H15N3O. The highest BCUT2D eigenvalue weighted by atomic mass is 16.2. The lowest BCUT2D eigenvalue weighted by Crippen LogP contribution is -2.31. The lowest BCUT2D eigenvalue weighted by atomic mass is 10.2. The normalized spacial score (nSPS) is 22.2. The lowest BCUT2D eigenvalue weighted by molar-refractivity contribution is 0.196. The van der Waals surface area contributed by atoms with Gasteiger partial charge in [0.1, 0.15) is 0 Å². The average molecular weight is 181 g/mol. The summed E-state index contributed by atoms with van der Waals surface area (Å²) in [4.78, 5) is 15.0. The Balaban J connectivity index is 2.51. The van der Waals surface area contributed by atoms with E-state index in [-0.39, 0.29) is 6.03 Å². The maximum atomic E-state index is 11.5. The van der Waals surface area contributed by atoms with E-state index in [1.165, 1.54) is 0 Å². The molecule has 1 aliphatic heterocycles. The van der Waals surface area contributed by atoms with Crippen molar-refractivity contribution in [1.82, 2.24) is 9.80 Å². The molecule has 4 nitrogen and oxygen atoms in total. The molecule has 13 heavy (non-hydrogen) atoms. The Kier molecular flexibility index (Phi) is 3.13. The summed E-state index contributed by atoms with van der Waals surface area (Å²) < 4.78 is 0. The number of amides is 2. The van der Waals surface area contributed by atoms with Crippen LogP contribution < -0.4 is 0 Å². The Morgan fingerprint density at radius 2 is 2.38 bits per heavy atom. The van der Waals surface area contributed by atoms with E-state index in [9.17, 15) is 4.79 Å². The first kappa shape index (κ1) is 9.85. The second-order valence-electron chi connectivity index (χ2n) is 3.31. The number of nitriles is 1. The molecule has 0 aromatic carbocycles. The van der Waals surface area contributed by atoms with Crippen LogP contribution in [0.25, 0.3) is 0 Å². The van der Waals surface area contributed by atoms with E-state index >= 15 is 0 Å². The molecule has 0 N–H and O–H groups in total. The first-order chi connectivity index (χ1) is 6.20. The van der Waals surface area contributed by atoms with Gasteiger partial charge < -0.3 is 9.80 Å². The summed E-state index contributed by atoms with van der Waals surface area (Å²) >= 11 is 0. The number of likely N-dealkylation sites (N-methyl/N-ethyl adjacent to an activating group) is 1. The van der Waals surface area contributed by atoms with Gasteiger partial charge in [-0.2, -0.15) is 5.26 Å². The first-order valence-corrected chi connectivity index (χ1v) is 4.59. The maximum Gasteiger partial charge on any atom is 0.320 e. The van der Waals surface area contributed by atoms with Crippen LogP contribution in [0.1, 0.15) is 19.8 Å². The van der Waals surface area contributed by atoms with Crippen molar-refractivity contribution in [2.24, 2.45) is 0 Å². The topological polar surface area (TPSA) is 47.3 Å². The Hall–Kier alpha value is -1.24. The molecule has 1 atom stereocenters. The summed E-state index contributed by atoms with van der Waals surface area (Å²) in [6.45, 7) is 3.41. The minimum Gasteiger partial charge on any atom is -0.323 e. The lowest BCUT2D eigenvalue weighted by Gasteiger charge is -2.15. The Labute approximate surface area is 78.7 Å². The molecule has 0 bridgehead atoms. The summed E-state index contributed by atoms with van der Waals surface area (Å²) in [7, 11) is 1.82. The minimum atomic E-state index is 0.0575. The van der Waals surface area contributed by atoms with Crippen LogP contribution >= 0.6 is 0 Å². The summed E-state index contributed by atoms with van der Waals surface area (Å²) in [5, 5.41) is 8.40. The highest BCUT2D eigenvalue weighted by molar-refractivity contribution is 5.76. The largest absolute Gasteiger partial charge is 0.323 e. The summed E-state index contributed by atoms with van der Waals surface area (Å²) in [5.41, 5.74) is 0. The van der Waals surface area contributed by atoms with Crippen LogP contribution in [0.3, 0.4) is 0 Å². The van der Waals surface area contributed by atoms with Crippen molar-refractivity contribution in [3.63, 3.8) is 0 Å². The third-order valence-corrected chi connectivity index (χ3v) is 2.52. The van der Waals surface area contributed by atoms with Crippen molar-refractivity contribution < 1.29 is 4.79 Å². The van der Waals surface area contributed by atoms with Gasteiger partial charge in [-0.3, -0.25) is 0 Å². The zero-order valence-corrected chi connectivity index (χ0v) is 8.16. The van der Waals surface area contributed by atoms with E-state index in [1.54, 1.807) is 9.80 Å². The van der Waals surface area contributed by atoms with E-state index < -0.39 is 0 Å². The summed E-state index contributed by atoms with van der Waals surface area (Å²) in [6.07, 6.45) is 1.40. The molecular weight excluding hydrogens is 166 g/mol. The quantitative estimate of drug-likeness (QED) is 0.653. The van der Waals surface area contributed by atoms with Crippen LogP contribution in [0, 0.1) is 11.3 Å². The smallest absolute Gasteiger partial charge is 0.320 e. The molecule has 0 spiro atoms. The van der Waals surface area contributed by atoms with Crippen molar-refractivity contribution in [2.45, 2.75) is 25.8 Å². The van der Waals surface area contributed by atoms with E-state index in [1.807, 2.05) is 7.05 Å². The van der Waals surface area contributed by atoms with Gasteiger partial charge in [0.2, 0.25) is 0 Å². The van der Waals surface area contributed by atoms with Crippen LogP contribution in [-0.4, -0.2) is 42.0 Å². The number of nitrogens with zero attached hydrogens (tertiary/aromatic N) is 3. The molecule has 72 valence electrons. The Bertz CT molecular complexity index is 234. The Morgan fingerprint density at radius 3 is 2.85 bits per heavy atom. The van der Waals surface area contributed by atoms with Gasteiger partial charge >= 0.3 is 6.03 Å². The number of carbonyl (C=O) groups is 1. The van der Waals surface area contributed by atoms with Crippen LogP contribution in [0.15, 0.2) is 0 Å². The van der Waals surface area contributed by atoms with Gasteiger partial charge in [-0.15, -0.1) is 0 Å². The highest BCUT2D eigenvalue weighted by Crippen LogP contribution is 2.15. The number of hydrogen-bond acceptors (Lipinski definition) is 2. The fraction of sp³-hybridized carbons (Fsp3) is 0.778. The summed E-state index contributed by atoms with van der Waals surface area (Å²) in [6, 6.07) is 2.43. The zero-order chi connectivity index (χ0) is 9.84. The zero-order valence-electron chi connectivity index (χ0n) is 8.16. The van der Waals surface area contributed by atoms with Gasteiger partial charge in [-0.1, -0.05) is 6.92 Å². The predicted molar refractivity (Wildman–Crippen MR) is 49.0 cm³/mol. The molecule has 0 saturated carbocycles. The van der Waals surface area contributed by atoms with Crippen LogP contribution in [0.5, 0.6) is 0 Å². The molecule has 2 amide bonds. The summed E-state index contributed by atoms with van der Waals surface area (Å²) in [5.74, 6) is 0. The van der Waals surface area contributed by atoms with Crippen molar-refractivity contribution in [3.8, 4) is 6.07 Å². The highest BCUT2D eigenvalue weighted by Gasteiger charge is 2.32. The SMILES string of the molecule is CCC1CN(CCC#N)C(=O)N1C. The second-order valence-corrected chi connectivity index (χ2v) is 3.31. The molecule has 0 aromatic rings. The molecule has 1 unspecified atom stereocenters. The molecule has 1 aliphatic rings. The molecule has 0 radical (unpaired) electrons. The molecule has 1 saturated heterocycles. The van der Waals surface area contributed by atoms with E-state index in [4.69, 9.17) is 5.26 Å². The van der Waals surface area contributed by atoms with Crippen LogP contribution in [0.4, 0.5) is 4.79 Å². The second kappa shape index (κ2) is 4.13. The molecule has 4 heteroatoms. The molecule has 1 rings (SSSR count). The third-order valence-electron chi connectivity index (χ3n) is 2.52. The maximum absolute atomic E-state index is 11.5.